The zero-order valence-corrected chi connectivity index (χ0v) is 33.2. The van der Waals surface area contributed by atoms with Gasteiger partial charge in [0.2, 0.25) is 0 Å². The molecule has 0 saturated heterocycles. The Morgan fingerprint density at radius 3 is 2.14 bits per heavy atom. The van der Waals surface area contributed by atoms with Crippen LogP contribution in [0.3, 0.4) is 0 Å². The van der Waals surface area contributed by atoms with Gasteiger partial charge in [-0.15, -0.1) is 59.7 Å². The largest absolute Gasteiger partial charge is 0.305 e. The fraction of sp³-hybridized carbons (Fsp3) is 0.111. The molecule has 0 amide bonds. The molecule has 0 bridgehead atoms. The van der Waals surface area contributed by atoms with Crippen molar-refractivity contribution in [2.24, 2.45) is 0 Å². The van der Waals surface area contributed by atoms with Crippen LogP contribution in [0.5, 0.6) is 0 Å². The molecule has 51 heavy (non-hydrogen) atoms. The van der Waals surface area contributed by atoms with Gasteiger partial charge in [0, 0.05) is 43.1 Å². The first-order valence-corrected chi connectivity index (χ1v) is 21.1. The Morgan fingerprint density at radius 2 is 1.43 bits per heavy atom. The summed E-state index contributed by atoms with van der Waals surface area (Å²) in [6.45, 7) is 9.23. The normalized spacial score (nSPS) is 11.8. The SMILES string of the molecule is CC(c1ccccc1)c1ccnc(-c2[c-]ccc3c2sc2cc(-c4ccc(F)cc4)ccc23)c1.C[Si](C)(C)c1ccc(-c2[c-]cccc2)nc1.[Ir]. The maximum absolute atomic E-state index is 13.4. The maximum Gasteiger partial charge on any atom is 0.123 e. The molecule has 8 aromatic rings. The van der Waals surface area contributed by atoms with Crippen molar-refractivity contribution in [3.63, 3.8) is 0 Å². The van der Waals surface area contributed by atoms with E-state index in [4.69, 9.17) is 4.98 Å². The van der Waals surface area contributed by atoms with Gasteiger partial charge in [-0.3, -0.25) is 0 Å². The molecule has 5 aromatic carbocycles. The van der Waals surface area contributed by atoms with Crippen molar-refractivity contribution >= 4 is 44.8 Å². The molecule has 0 aliphatic heterocycles. The molecule has 2 nitrogen and oxygen atoms in total. The fourth-order valence-corrected chi connectivity index (χ4v) is 8.37. The molecule has 6 heteroatoms. The van der Waals surface area contributed by atoms with Gasteiger partial charge in [0.1, 0.15) is 5.82 Å². The number of benzene rings is 5. The van der Waals surface area contributed by atoms with Crippen LogP contribution in [0.4, 0.5) is 4.39 Å². The van der Waals surface area contributed by atoms with Gasteiger partial charge in [-0.1, -0.05) is 105 Å². The molecule has 255 valence electrons. The molecule has 1 atom stereocenters. The summed E-state index contributed by atoms with van der Waals surface area (Å²) in [6, 6.07) is 51.0. The summed E-state index contributed by atoms with van der Waals surface area (Å²) in [5.41, 5.74) is 8.66. The molecular weight excluding hydrogens is 840 g/mol. The average molecular weight is 877 g/mol. The summed E-state index contributed by atoms with van der Waals surface area (Å²) < 4.78 is 15.8. The van der Waals surface area contributed by atoms with Gasteiger partial charge in [-0.05, 0) is 73.2 Å². The van der Waals surface area contributed by atoms with E-state index >= 15 is 0 Å². The van der Waals surface area contributed by atoms with E-state index in [-0.39, 0.29) is 31.8 Å². The Morgan fingerprint density at radius 1 is 0.667 bits per heavy atom. The number of nitrogens with zero attached hydrogens (tertiary/aromatic N) is 2. The molecule has 1 radical (unpaired) electrons. The van der Waals surface area contributed by atoms with E-state index in [0.29, 0.717) is 0 Å². The quantitative estimate of drug-likeness (QED) is 0.123. The number of hydrogen-bond donors (Lipinski definition) is 0. The summed E-state index contributed by atoms with van der Waals surface area (Å²) in [6.07, 6.45) is 3.92. The van der Waals surface area contributed by atoms with Crippen molar-refractivity contribution in [2.45, 2.75) is 32.5 Å². The molecule has 0 aliphatic carbocycles. The van der Waals surface area contributed by atoms with Gasteiger partial charge in [0.05, 0.1) is 8.07 Å². The van der Waals surface area contributed by atoms with Gasteiger partial charge in [0.15, 0.2) is 0 Å². The summed E-state index contributed by atoms with van der Waals surface area (Å²) in [5.74, 6) is 0.0611. The number of rotatable bonds is 6. The number of fused-ring (bicyclic) bond motifs is 3. The van der Waals surface area contributed by atoms with Gasteiger partial charge in [0.25, 0.3) is 0 Å². The van der Waals surface area contributed by atoms with Crippen LogP contribution < -0.4 is 5.19 Å². The molecule has 0 fully saturated rings. The second kappa shape index (κ2) is 15.8. The van der Waals surface area contributed by atoms with Crippen LogP contribution in [0.2, 0.25) is 19.6 Å². The Balaban J connectivity index is 0.000000222. The van der Waals surface area contributed by atoms with E-state index in [1.54, 1.807) is 11.3 Å². The molecule has 8 rings (SSSR count). The van der Waals surface area contributed by atoms with Crippen LogP contribution in [-0.2, 0) is 20.1 Å². The van der Waals surface area contributed by atoms with Gasteiger partial charge in [-0.2, -0.15) is 11.3 Å². The van der Waals surface area contributed by atoms with E-state index in [2.05, 4.69) is 116 Å². The first-order valence-electron chi connectivity index (χ1n) is 16.8. The summed E-state index contributed by atoms with van der Waals surface area (Å²) in [4.78, 5) is 9.24. The summed E-state index contributed by atoms with van der Waals surface area (Å²) in [7, 11) is -1.23. The Bertz CT molecular complexity index is 2370. The smallest absolute Gasteiger partial charge is 0.123 e. The molecule has 0 N–H and O–H groups in total. The van der Waals surface area contributed by atoms with Gasteiger partial charge >= 0.3 is 0 Å². The predicted octanol–water partition coefficient (Wildman–Crippen LogP) is 12.0. The van der Waals surface area contributed by atoms with Crippen LogP contribution >= 0.6 is 11.3 Å². The van der Waals surface area contributed by atoms with Crippen molar-refractivity contribution in [3.05, 3.63) is 175 Å². The predicted molar refractivity (Wildman–Crippen MR) is 212 cm³/mol. The Labute approximate surface area is 318 Å². The first kappa shape index (κ1) is 36.2. The third-order valence-electron chi connectivity index (χ3n) is 9.06. The van der Waals surface area contributed by atoms with Crippen LogP contribution in [0, 0.1) is 17.9 Å². The number of pyridine rings is 2. The third-order valence-corrected chi connectivity index (χ3v) is 12.3. The monoisotopic (exact) mass is 877 g/mol. The van der Waals surface area contributed by atoms with E-state index in [9.17, 15) is 4.39 Å². The third kappa shape index (κ3) is 8.16. The number of halogens is 1. The molecule has 0 saturated carbocycles. The first-order chi connectivity index (χ1) is 24.2. The van der Waals surface area contributed by atoms with Gasteiger partial charge < -0.3 is 9.97 Å². The van der Waals surface area contributed by atoms with Crippen molar-refractivity contribution in [2.75, 3.05) is 0 Å². The molecule has 0 spiro atoms. The van der Waals surface area contributed by atoms with E-state index in [0.717, 1.165) is 33.6 Å². The molecule has 0 aliphatic rings. The Hall–Kier alpha value is -4.58. The number of thiophene rings is 1. The van der Waals surface area contributed by atoms with Crippen LogP contribution in [0.1, 0.15) is 24.0 Å². The second-order valence-electron chi connectivity index (χ2n) is 13.5. The summed E-state index contributed by atoms with van der Waals surface area (Å²) in [5, 5.41) is 3.82. The minimum absolute atomic E-state index is 0. The minimum Gasteiger partial charge on any atom is -0.305 e. The summed E-state index contributed by atoms with van der Waals surface area (Å²) >= 11 is 1.76. The molecular formula is C45H37FIrN2SSi-2. The average Bonchev–Trinajstić information content (AvgIpc) is 3.54. The van der Waals surface area contributed by atoms with E-state index in [1.165, 1.54) is 48.6 Å². The standard InChI is InChI=1S/C31H21FNS.C14H16NSi.Ir/c1-20(21-6-3-2-4-7-21)23-16-17-33-29(18-23)28-9-5-8-27-26-15-12-24(19-30(26)34-31(27)28)22-10-13-25(32)14-11-22;1-16(2,3)13-9-10-14(15-11-13)12-7-5-4-6-8-12;/h2-8,10-20H,1H3;4-7,9-11H,1-3H3;/q2*-1;. The van der Waals surface area contributed by atoms with Crippen molar-refractivity contribution in [3.8, 4) is 33.6 Å². The minimum atomic E-state index is -1.23. The molecule has 3 aromatic heterocycles. The number of aromatic nitrogens is 2. The van der Waals surface area contributed by atoms with E-state index < -0.39 is 8.07 Å². The van der Waals surface area contributed by atoms with E-state index in [1.807, 2.05) is 60.9 Å². The number of hydrogen-bond acceptors (Lipinski definition) is 3. The molecule has 1 unspecified atom stereocenters. The topological polar surface area (TPSA) is 25.8 Å². The van der Waals surface area contributed by atoms with Crippen LogP contribution in [0.25, 0.3) is 53.8 Å². The zero-order chi connectivity index (χ0) is 34.7. The van der Waals surface area contributed by atoms with Crippen LogP contribution in [0.15, 0.2) is 146 Å². The molecule has 3 heterocycles. The van der Waals surface area contributed by atoms with Crippen LogP contribution in [-0.4, -0.2) is 18.0 Å². The van der Waals surface area contributed by atoms with Crippen molar-refractivity contribution < 1.29 is 24.5 Å². The zero-order valence-electron chi connectivity index (χ0n) is 28.9. The van der Waals surface area contributed by atoms with Gasteiger partial charge in [-0.25, -0.2) is 4.39 Å². The van der Waals surface area contributed by atoms with Crippen molar-refractivity contribution in [1.82, 2.24) is 9.97 Å². The second-order valence-corrected chi connectivity index (χ2v) is 19.6. The Kier molecular flexibility index (Phi) is 11.2. The van der Waals surface area contributed by atoms with Crippen molar-refractivity contribution in [1.29, 1.82) is 0 Å². The fourth-order valence-electron chi connectivity index (χ4n) is 6.09. The maximum atomic E-state index is 13.4.